The van der Waals surface area contributed by atoms with E-state index in [4.69, 9.17) is 0 Å². The summed E-state index contributed by atoms with van der Waals surface area (Å²) in [4.78, 5) is 2.38. The number of hydrogen-bond donors (Lipinski definition) is 0. The van der Waals surface area contributed by atoms with E-state index >= 15 is 0 Å². The molecule has 0 bridgehead atoms. The second kappa shape index (κ2) is 14.4. The van der Waals surface area contributed by atoms with E-state index in [1.165, 1.54) is 60.9 Å². The molecule has 0 atom stereocenters. The third-order valence-electron chi connectivity index (χ3n) is 10.8. The maximum atomic E-state index is 2.38. The molecule has 0 amide bonds. The molecule has 2 heteroatoms. The summed E-state index contributed by atoms with van der Waals surface area (Å²) in [6.45, 7) is 0. The number of rotatable bonds is 8. The first-order chi connectivity index (χ1) is 27.8. The molecule has 2 nitrogen and oxygen atoms in total. The normalized spacial score (nSPS) is 11.2. The van der Waals surface area contributed by atoms with Crippen LogP contribution in [-0.4, -0.2) is 4.57 Å². The summed E-state index contributed by atoms with van der Waals surface area (Å²) in [6.07, 6.45) is 0. The molecule has 264 valence electrons. The summed E-state index contributed by atoms with van der Waals surface area (Å²) in [5.74, 6) is 0. The van der Waals surface area contributed by atoms with Gasteiger partial charge in [0.05, 0.1) is 16.7 Å². The first-order valence-electron chi connectivity index (χ1n) is 19.2. The summed E-state index contributed by atoms with van der Waals surface area (Å²) < 4.78 is 2.37. The third-order valence-corrected chi connectivity index (χ3v) is 10.8. The molecule has 0 aliphatic carbocycles. The Kier molecular flexibility index (Phi) is 8.55. The lowest BCUT2D eigenvalue weighted by molar-refractivity contribution is 1.18. The van der Waals surface area contributed by atoms with Crippen LogP contribution in [0.5, 0.6) is 0 Å². The standard InChI is InChI=1S/C54H38N2/c1-4-15-39(16-5-1)41-27-32-47(33-28-41)55(48-34-29-42(30-35-48)40-17-6-2-7-18-40)52-25-12-10-23-49(52)45-20-14-19-43(37-45)44-31-36-54-51(38-44)50-24-11-13-26-53(50)56(54)46-21-8-3-9-22-46/h1-38H. The summed E-state index contributed by atoms with van der Waals surface area (Å²) in [5, 5.41) is 2.50. The lowest BCUT2D eigenvalue weighted by atomic mass is 9.96. The smallest absolute Gasteiger partial charge is 0.0541 e. The molecule has 0 radical (unpaired) electrons. The van der Waals surface area contributed by atoms with Crippen LogP contribution in [0.1, 0.15) is 0 Å². The van der Waals surface area contributed by atoms with Gasteiger partial charge in [0.15, 0.2) is 0 Å². The number of hydrogen-bond acceptors (Lipinski definition) is 1. The van der Waals surface area contributed by atoms with Crippen LogP contribution in [-0.2, 0) is 0 Å². The summed E-state index contributed by atoms with van der Waals surface area (Å²) >= 11 is 0. The average molecular weight is 715 g/mol. The second-order valence-electron chi connectivity index (χ2n) is 14.2. The maximum absolute atomic E-state index is 2.38. The quantitative estimate of drug-likeness (QED) is 0.152. The first kappa shape index (κ1) is 33.2. The molecule has 0 fully saturated rings. The highest BCUT2D eigenvalue weighted by Crippen LogP contribution is 2.43. The molecule has 10 aromatic rings. The zero-order valence-electron chi connectivity index (χ0n) is 30.8. The van der Waals surface area contributed by atoms with Gasteiger partial charge in [0, 0.05) is 33.4 Å². The van der Waals surface area contributed by atoms with Crippen molar-refractivity contribution >= 4 is 38.9 Å². The number of anilines is 3. The van der Waals surface area contributed by atoms with Crippen molar-refractivity contribution in [3.8, 4) is 50.2 Å². The van der Waals surface area contributed by atoms with Gasteiger partial charge in [0.1, 0.15) is 0 Å². The van der Waals surface area contributed by atoms with Gasteiger partial charge in [-0.1, -0.05) is 164 Å². The van der Waals surface area contributed by atoms with Gasteiger partial charge in [0.25, 0.3) is 0 Å². The Morgan fingerprint density at radius 1 is 0.286 bits per heavy atom. The monoisotopic (exact) mass is 714 g/mol. The largest absolute Gasteiger partial charge is 0.310 e. The van der Waals surface area contributed by atoms with E-state index in [0.717, 1.165) is 28.2 Å². The van der Waals surface area contributed by atoms with Gasteiger partial charge in [-0.15, -0.1) is 0 Å². The van der Waals surface area contributed by atoms with Crippen molar-refractivity contribution in [2.45, 2.75) is 0 Å². The molecule has 0 saturated heterocycles. The highest BCUT2D eigenvalue weighted by Gasteiger charge is 2.19. The van der Waals surface area contributed by atoms with Crippen molar-refractivity contribution in [3.05, 3.63) is 231 Å². The van der Waals surface area contributed by atoms with Crippen molar-refractivity contribution in [2.24, 2.45) is 0 Å². The molecule has 0 unspecified atom stereocenters. The van der Waals surface area contributed by atoms with Crippen LogP contribution in [0.3, 0.4) is 0 Å². The number of nitrogens with zero attached hydrogens (tertiary/aromatic N) is 2. The first-order valence-corrected chi connectivity index (χ1v) is 19.2. The fourth-order valence-electron chi connectivity index (χ4n) is 8.08. The van der Waals surface area contributed by atoms with Crippen LogP contribution in [0.15, 0.2) is 231 Å². The number of fused-ring (bicyclic) bond motifs is 3. The highest BCUT2D eigenvalue weighted by molar-refractivity contribution is 6.10. The zero-order chi connectivity index (χ0) is 37.3. The Bertz CT molecular complexity index is 2840. The van der Waals surface area contributed by atoms with Crippen molar-refractivity contribution in [1.82, 2.24) is 4.57 Å². The van der Waals surface area contributed by atoms with E-state index in [1.54, 1.807) is 0 Å². The zero-order valence-corrected chi connectivity index (χ0v) is 30.8. The molecule has 0 spiro atoms. The van der Waals surface area contributed by atoms with E-state index < -0.39 is 0 Å². The van der Waals surface area contributed by atoms with E-state index in [9.17, 15) is 0 Å². The number of benzene rings is 9. The topological polar surface area (TPSA) is 8.17 Å². The van der Waals surface area contributed by atoms with Crippen LogP contribution >= 0.6 is 0 Å². The number of aromatic nitrogens is 1. The van der Waals surface area contributed by atoms with Crippen molar-refractivity contribution in [1.29, 1.82) is 0 Å². The molecule has 56 heavy (non-hydrogen) atoms. The van der Waals surface area contributed by atoms with E-state index in [2.05, 4.69) is 240 Å². The molecule has 9 aromatic carbocycles. The minimum Gasteiger partial charge on any atom is -0.310 e. The second-order valence-corrected chi connectivity index (χ2v) is 14.2. The minimum absolute atomic E-state index is 1.10. The fourth-order valence-corrected chi connectivity index (χ4v) is 8.08. The Hall–Kier alpha value is -7.42. The Morgan fingerprint density at radius 3 is 1.41 bits per heavy atom. The van der Waals surface area contributed by atoms with Gasteiger partial charge in [0.2, 0.25) is 0 Å². The van der Waals surface area contributed by atoms with Gasteiger partial charge in [-0.25, -0.2) is 0 Å². The van der Waals surface area contributed by atoms with Crippen LogP contribution in [0.25, 0.3) is 72.0 Å². The molecule has 1 heterocycles. The van der Waals surface area contributed by atoms with Gasteiger partial charge >= 0.3 is 0 Å². The Morgan fingerprint density at radius 2 is 0.750 bits per heavy atom. The molecule has 0 N–H and O–H groups in total. The highest BCUT2D eigenvalue weighted by atomic mass is 15.1. The molecule has 0 aliphatic heterocycles. The van der Waals surface area contributed by atoms with Gasteiger partial charge < -0.3 is 9.47 Å². The predicted octanol–water partition coefficient (Wildman–Crippen LogP) is 14.9. The van der Waals surface area contributed by atoms with Crippen LogP contribution < -0.4 is 4.90 Å². The van der Waals surface area contributed by atoms with Crippen molar-refractivity contribution in [3.63, 3.8) is 0 Å². The molecule has 10 rings (SSSR count). The SMILES string of the molecule is c1ccc(-c2ccc(N(c3ccc(-c4ccccc4)cc3)c3ccccc3-c3cccc(-c4ccc5c(c4)c4ccccc4n5-c4ccccc4)c3)cc2)cc1. The summed E-state index contributed by atoms with van der Waals surface area (Å²) in [6, 6.07) is 83.0. The lowest BCUT2D eigenvalue weighted by Gasteiger charge is -2.28. The maximum Gasteiger partial charge on any atom is 0.0541 e. The predicted molar refractivity (Wildman–Crippen MR) is 237 cm³/mol. The lowest BCUT2D eigenvalue weighted by Crippen LogP contribution is -2.11. The van der Waals surface area contributed by atoms with Crippen LogP contribution in [0.2, 0.25) is 0 Å². The number of para-hydroxylation sites is 3. The third kappa shape index (κ3) is 6.14. The molecular weight excluding hydrogens is 677 g/mol. The van der Waals surface area contributed by atoms with Crippen molar-refractivity contribution < 1.29 is 0 Å². The summed E-state index contributed by atoms with van der Waals surface area (Å²) in [5.41, 5.74) is 16.4. The fraction of sp³-hybridized carbons (Fsp3) is 0. The molecule has 0 saturated carbocycles. The minimum atomic E-state index is 1.10. The van der Waals surface area contributed by atoms with Gasteiger partial charge in [-0.2, -0.15) is 0 Å². The van der Waals surface area contributed by atoms with E-state index in [1.807, 2.05) is 0 Å². The van der Waals surface area contributed by atoms with E-state index in [-0.39, 0.29) is 0 Å². The van der Waals surface area contributed by atoms with E-state index in [0.29, 0.717) is 0 Å². The molecule has 1 aromatic heterocycles. The van der Waals surface area contributed by atoms with Crippen LogP contribution in [0, 0.1) is 0 Å². The Labute approximate surface area is 327 Å². The van der Waals surface area contributed by atoms with Gasteiger partial charge in [-0.05, 0) is 106 Å². The molecule has 0 aliphatic rings. The van der Waals surface area contributed by atoms with Crippen molar-refractivity contribution in [2.75, 3.05) is 4.90 Å². The Balaban J connectivity index is 1.08. The summed E-state index contributed by atoms with van der Waals surface area (Å²) in [7, 11) is 0. The van der Waals surface area contributed by atoms with Crippen LogP contribution in [0.4, 0.5) is 17.1 Å². The average Bonchev–Trinajstić information content (AvgIpc) is 3.62. The molecular formula is C54H38N2. The van der Waals surface area contributed by atoms with Gasteiger partial charge in [-0.3, -0.25) is 0 Å².